The Labute approximate surface area is 105 Å². The van der Waals surface area contributed by atoms with Gasteiger partial charge in [0, 0.05) is 23.3 Å². The van der Waals surface area contributed by atoms with E-state index >= 15 is 0 Å². The zero-order valence-corrected chi connectivity index (χ0v) is 11.3. The molecule has 0 aliphatic heterocycles. The molecule has 0 saturated carbocycles. The van der Waals surface area contributed by atoms with Crippen LogP contribution >= 0.6 is 0 Å². The lowest BCUT2D eigenvalue weighted by Crippen LogP contribution is -2.42. The minimum atomic E-state index is -0.458. The van der Waals surface area contributed by atoms with Gasteiger partial charge in [-0.15, -0.1) is 6.58 Å². The predicted octanol–water partition coefficient (Wildman–Crippen LogP) is 3.53. The predicted molar refractivity (Wildman–Crippen MR) is 74.4 cm³/mol. The maximum atomic E-state index is 9.83. The number of nitrogens with zero attached hydrogens (tertiary/aromatic N) is 1. The molecule has 0 spiro atoms. The fourth-order valence-corrected chi connectivity index (χ4v) is 1.95. The van der Waals surface area contributed by atoms with E-state index in [9.17, 15) is 5.11 Å². The Morgan fingerprint density at radius 1 is 1.35 bits per heavy atom. The average Bonchev–Trinajstić information content (AvgIpc) is 2.24. The summed E-state index contributed by atoms with van der Waals surface area (Å²) in [6, 6.07) is 7.99. The molecule has 1 aromatic rings. The van der Waals surface area contributed by atoms with Crippen LogP contribution in [0.15, 0.2) is 36.9 Å². The van der Waals surface area contributed by atoms with E-state index < -0.39 is 6.10 Å². The van der Waals surface area contributed by atoms with Gasteiger partial charge in [0.2, 0.25) is 0 Å². The quantitative estimate of drug-likeness (QED) is 0.804. The van der Waals surface area contributed by atoms with Crippen molar-refractivity contribution in [3.05, 3.63) is 42.5 Å². The molecule has 1 N–H and O–H groups in total. The van der Waals surface area contributed by atoms with Gasteiger partial charge in [0.1, 0.15) is 0 Å². The van der Waals surface area contributed by atoms with E-state index in [1.807, 2.05) is 24.3 Å². The number of para-hydroxylation sites is 1. The molecule has 0 bridgehead atoms. The third kappa shape index (κ3) is 3.34. The Bertz CT molecular complexity index is 377. The summed E-state index contributed by atoms with van der Waals surface area (Å²) in [7, 11) is 0. The lowest BCUT2D eigenvalue weighted by Gasteiger charge is -2.38. The van der Waals surface area contributed by atoms with Crippen LogP contribution in [0.3, 0.4) is 0 Å². The number of benzene rings is 1. The van der Waals surface area contributed by atoms with Crippen molar-refractivity contribution >= 4 is 5.69 Å². The van der Waals surface area contributed by atoms with Crippen LogP contribution in [0, 0.1) is 0 Å². The molecule has 1 atom stereocenters. The second-order valence-electron chi connectivity index (χ2n) is 5.30. The Morgan fingerprint density at radius 3 is 2.41 bits per heavy atom. The molecule has 1 unspecified atom stereocenters. The standard InChI is InChI=1S/C15H23NO/c1-6-11-16(15(3,4)5)14-10-8-7-9-13(14)12(2)17/h6-10,12,17H,1,11H2,2-5H3. The van der Waals surface area contributed by atoms with Crippen molar-refractivity contribution in [1.82, 2.24) is 0 Å². The summed E-state index contributed by atoms with van der Waals surface area (Å²) in [5.41, 5.74) is 2.04. The molecular formula is C15H23NO. The van der Waals surface area contributed by atoms with E-state index in [1.54, 1.807) is 6.92 Å². The highest BCUT2D eigenvalue weighted by molar-refractivity contribution is 5.56. The molecule has 0 saturated heterocycles. The van der Waals surface area contributed by atoms with Gasteiger partial charge in [-0.05, 0) is 33.8 Å². The molecule has 1 rings (SSSR count). The number of hydrogen-bond donors (Lipinski definition) is 1. The average molecular weight is 233 g/mol. The van der Waals surface area contributed by atoms with Crippen molar-refractivity contribution in [2.45, 2.75) is 39.3 Å². The molecule has 0 aliphatic rings. The largest absolute Gasteiger partial charge is 0.389 e. The number of aliphatic hydroxyl groups excluding tert-OH is 1. The molecule has 17 heavy (non-hydrogen) atoms. The fraction of sp³-hybridized carbons (Fsp3) is 0.467. The van der Waals surface area contributed by atoms with Gasteiger partial charge in [0.05, 0.1) is 6.10 Å². The summed E-state index contributed by atoms with van der Waals surface area (Å²) in [4.78, 5) is 2.25. The highest BCUT2D eigenvalue weighted by atomic mass is 16.3. The maximum absolute atomic E-state index is 9.83. The van der Waals surface area contributed by atoms with Gasteiger partial charge in [-0.25, -0.2) is 0 Å². The first-order valence-electron chi connectivity index (χ1n) is 6.03. The number of rotatable bonds is 4. The van der Waals surface area contributed by atoms with Gasteiger partial charge >= 0.3 is 0 Å². The van der Waals surface area contributed by atoms with Crippen molar-refractivity contribution < 1.29 is 5.11 Å². The van der Waals surface area contributed by atoms with Gasteiger partial charge in [0.15, 0.2) is 0 Å². The van der Waals surface area contributed by atoms with E-state index in [0.29, 0.717) is 0 Å². The van der Waals surface area contributed by atoms with Crippen molar-refractivity contribution in [3.63, 3.8) is 0 Å². The van der Waals surface area contributed by atoms with Crippen molar-refractivity contribution in [2.75, 3.05) is 11.4 Å². The van der Waals surface area contributed by atoms with Gasteiger partial charge in [0.25, 0.3) is 0 Å². The highest BCUT2D eigenvalue weighted by Crippen LogP contribution is 2.30. The minimum absolute atomic E-state index is 0.000810. The summed E-state index contributed by atoms with van der Waals surface area (Å²) in [6.45, 7) is 12.9. The molecule has 0 aromatic heterocycles. The van der Waals surface area contributed by atoms with Crippen LogP contribution in [-0.2, 0) is 0 Å². The Kier molecular flexibility index (Phi) is 4.35. The number of anilines is 1. The second-order valence-corrected chi connectivity index (χ2v) is 5.30. The Hall–Kier alpha value is -1.28. The third-order valence-corrected chi connectivity index (χ3v) is 2.80. The van der Waals surface area contributed by atoms with Crippen molar-refractivity contribution in [1.29, 1.82) is 0 Å². The number of hydrogen-bond acceptors (Lipinski definition) is 2. The molecule has 0 fully saturated rings. The number of aliphatic hydroxyl groups is 1. The summed E-state index contributed by atoms with van der Waals surface area (Å²) >= 11 is 0. The highest BCUT2D eigenvalue weighted by Gasteiger charge is 2.23. The first-order valence-corrected chi connectivity index (χ1v) is 6.03. The molecule has 0 radical (unpaired) electrons. The lowest BCUT2D eigenvalue weighted by molar-refractivity contribution is 0.199. The fourth-order valence-electron chi connectivity index (χ4n) is 1.95. The van der Waals surface area contributed by atoms with E-state index in [4.69, 9.17) is 0 Å². The molecule has 2 heteroatoms. The van der Waals surface area contributed by atoms with Crippen LogP contribution < -0.4 is 4.90 Å². The molecule has 0 heterocycles. The summed E-state index contributed by atoms with van der Waals surface area (Å²) < 4.78 is 0. The summed E-state index contributed by atoms with van der Waals surface area (Å²) in [5.74, 6) is 0. The first kappa shape index (κ1) is 13.8. The van der Waals surface area contributed by atoms with Crippen LogP contribution in [-0.4, -0.2) is 17.2 Å². The third-order valence-electron chi connectivity index (χ3n) is 2.80. The Balaban J connectivity index is 3.23. The maximum Gasteiger partial charge on any atom is 0.0781 e. The van der Waals surface area contributed by atoms with Crippen LogP contribution in [0.5, 0.6) is 0 Å². The van der Waals surface area contributed by atoms with E-state index in [2.05, 4.69) is 38.3 Å². The molecular weight excluding hydrogens is 210 g/mol. The van der Waals surface area contributed by atoms with E-state index in [-0.39, 0.29) is 5.54 Å². The van der Waals surface area contributed by atoms with Crippen LogP contribution in [0.1, 0.15) is 39.4 Å². The van der Waals surface area contributed by atoms with Gasteiger partial charge in [-0.2, -0.15) is 0 Å². The van der Waals surface area contributed by atoms with Crippen LogP contribution in [0.4, 0.5) is 5.69 Å². The van der Waals surface area contributed by atoms with Gasteiger partial charge < -0.3 is 10.0 Å². The molecule has 1 aromatic carbocycles. The van der Waals surface area contributed by atoms with Gasteiger partial charge in [-0.1, -0.05) is 24.3 Å². The first-order chi connectivity index (χ1) is 7.88. The van der Waals surface area contributed by atoms with Crippen molar-refractivity contribution in [2.24, 2.45) is 0 Å². The van der Waals surface area contributed by atoms with Crippen LogP contribution in [0.2, 0.25) is 0 Å². The topological polar surface area (TPSA) is 23.5 Å². The molecule has 94 valence electrons. The summed E-state index contributed by atoms with van der Waals surface area (Å²) in [5, 5.41) is 9.83. The van der Waals surface area contributed by atoms with E-state index in [0.717, 1.165) is 17.8 Å². The molecule has 0 amide bonds. The van der Waals surface area contributed by atoms with Gasteiger partial charge in [-0.3, -0.25) is 0 Å². The lowest BCUT2D eigenvalue weighted by atomic mass is 10.0. The SMILES string of the molecule is C=CCN(c1ccccc1C(C)O)C(C)(C)C. The zero-order valence-electron chi connectivity index (χ0n) is 11.3. The normalized spacial score (nSPS) is 13.2. The smallest absolute Gasteiger partial charge is 0.0781 e. The Morgan fingerprint density at radius 2 is 1.94 bits per heavy atom. The molecule has 2 nitrogen and oxygen atoms in total. The summed E-state index contributed by atoms with van der Waals surface area (Å²) in [6.07, 6.45) is 1.44. The second kappa shape index (κ2) is 5.37. The zero-order chi connectivity index (χ0) is 13.1. The molecule has 0 aliphatic carbocycles. The van der Waals surface area contributed by atoms with Crippen LogP contribution in [0.25, 0.3) is 0 Å². The van der Waals surface area contributed by atoms with Crippen molar-refractivity contribution in [3.8, 4) is 0 Å². The monoisotopic (exact) mass is 233 g/mol. The van der Waals surface area contributed by atoms with E-state index in [1.165, 1.54) is 0 Å². The minimum Gasteiger partial charge on any atom is -0.389 e.